The van der Waals surface area contributed by atoms with Crippen LogP contribution in [0.1, 0.15) is 17.3 Å². The van der Waals surface area contributed by atoms with E-state index in [4.69, 9.17) is 4.74 Å². The number of ketones is 1. The highest BCUT2D eigenvalue weighted by Gasteiger charge is 2.77. The molecule has 0 aliphatic rings. The van der Waals surface area contributed by atoms with Gasteiger partial charge in [-0.2, -0.15) is 30.7 Å². The summed E-state index contributed by atoms with van der Waals surface area (Å²) in [4.78, 5) is 22.5. The molecular weight excluding hydrogens is 353 g/mol. The molecular formula is C13H9F7O4. The first-order valence-corrected chi connectivity index (χ1v) is 5.99. The fourth-order valence-corrected chi connectivity index (χ4v) is 1.47. The summed E-state index contributed by atoms with van der Waals surface area (Å²) in [6.07, 6.45) is -6.68. The maximum atomic E-state index is 13.2. The van der Waals surface area contributed by atoms with Crippen molar-refractivity contribution in [3.8, 4) is 11.5 Å². The molecule has 0 heterocycles. The Hall–Kier alpha value is -2.33. The molecule has 0 radical (unpaired) electrons. The van der Waals surface area contributed by atoms with E-state index in [0.717, 1.165) is 25.1 Å². The summed E-state index contributed by atoms with van der Waals surface area (Å²) in [5, 5.41) is 0. The van der Waals surface area contributed by atoms with Gasteiger partial charge in [0.05, 0.1) is 12.7 Å². The molecule has 1 aromatic rings. The highest BCUT2D eigenvalue weighted by Crippen LogP contribution is 2.47. The van der Waals surface area contributed by atoms with E-state index in [1.807, 2.05) is 0 Å². The molecule has 0 aliphatic carbocycles. The topological polar surface area (TPSA) is 52.6 Å². The van der Waals surface area contributed by atoms with Crippen LogP contribution in [0, 0.1) is 0 Å². The fourth-order valence-electron chi connectivity index (χ4n) is 1.47. The Morgan fingerprint density at radius 3 is 1.96 bits per heavy atom. The number of esters is 1. The van der Waals surface area contributed by atoms with E-state index < -0.39 is 41.1 Å². The summed E-state index contributed by atoms with van der Waals surface area (Å²) in [7, 11) is 1.18. The number of rotatable bonds is 5. The van der Waals surface area contributed by atoms with E-state index in [9.17, 15) is 40.3 Å². The Bertz CT molecular complexity index is 652. The van der Waals surface area contributed by atoms with Gasteiger partial charge in [-0.3, -0.25) is 4.79 Å². The molecule has 11 heteroatoms. The van der Waals surface area contributed by atoms with Crippen molar-refractivity contribution >= 4 is 11.8 Å². The molecule has 0 atom stereocenters. The van der Waals surface area contributed by atoms with Crippen molar-refractivity contribution in [1.29, 1.82) is 0 Å². The van der Waals surface area contributed by atoms with Crippen LogP contribution in [0.15, 0.2) is 18.2 Å². The van der Waals surface area contributed by atoms with E-state index in [2.05, 4.69) is 4.74 Å². The zero-order chi connectivity index (χ0) is 18.9. The summed E-state index contributed by atoms with van der Waals surface area (Å²) >= 11 is 0. The number of hydrogen-bond donors (Lipinski definition) is 0. The van der Waals surface area contributed by atoms with E-state index in [1.54, 1.807) is 0 Å². The summed E-state index contributed by atoms with van der Waals surface area (Å²) < 4.78 is 96.7. The minimum absolute atomic E-state index is 0.0346. The predicted molar refractivity (Wildman–Crippen MR) is 64.6 cm³/mol. The minimum atomic E-state index is -6.68. The van der Waals surface area contributed by atoms with Crippen LogP contribution in [-0.2, 0) is 4.79 Å². The maximum absolute atomic E-state index is 13.2. The number of Topliss-reactive ketones (excluding diaryl/α,β-unsaturated/α-hetero) is 1. The number of methoxy groups -OCH3 is 1. The van der Waals surface area contributed by atoms with Gasteiger partial charge in [0.25, 0.3) is 0 Å². The smallest absolute Gasteiger partial charge is 0.460 e. The molecule has 0 spiro atoms. The van der Waals surface area contributed by atoms with Gasteiger partial charge in [-0.1, -0.05) is 0 Å². The number of carbonyl (C=O) groups is 2. The Morgan fingerprint density at radius 2 is 1.54 bits per heavy atom. The van der Waals surface area contributed by atoms with Crippen molar-refractivity contribution < 1.29 is 49.8 Å². The largest absolute Gasteiger partial charge is 0.497 e. The summed E-state index contributed by atoms with van der Waals surface area (Å²) in [6, 6.07) is 2.70. The predicted octanol–water partition coefficient (Wildman–Crippen LogP) is 3.64. The van der Waals surface area contributed by atoms with Crippen LogP contribution >= 0.6 is 0 Å². The molecule has 0 N–H and O–H groups in total. The molecule has 1 aromatic carbocycles. The van der Waals surface area contributed by atoms with Crippen molar-refractivity contribution in [3.63, 3.8) is 0 Å². The molecule has 0 unspecified atom stereocenters. The van der Waals surface area contributed by atoms with Crippen LogP contribution in [0.25, 0.3) is 0 Å². The van der Waals surface area contributed by atoms with Gasteiger partial charge in [-0.05, 0) is 25.1 Å². The highest BCUT2D eigenvalue weighted by molar-refractivity contribution is 5.98. The van der Waals surface area contributed by atoms with Gasteiger partial charge in [0.15, 0.2) is 5.78 Å². The average molecular weight is 362 g/mol. The molecule has 4 nitrogen and oxygen atoms in total. The van der Waals surface area contributed by atoms with E-state index in [-0.39, 0.29) is 5.75 Å². The zero-order valence-corrected chi connectivity index (χ0v) is 12.0. The lowest BCUT2D eigenvalue weighted by molar-refractivity contribution is -0.346. The molecule has 0 saturated carbocycles. The Balaban J connectivity index is 3.22. The summed E-state index contributed by atoms with van der Waals surface area (Å²) in [5.41, 5.74) is -0.520. The highest BCUT2D eigenvalue weighted by atomic mass is 19.4. The number of ether oxygens (including phenoxy) is 2. The molecule has 0 bridgehead atoms. The van der Waals surface area contributed by atoms with Crippen LogP contribution in [0.5, 0.6) is 11.5 Å². The second kappa shape index (κ2) is 6.29. The van der Waals surface area contributed by atoms with Gasteiger partial charge >= 0.3 is 24.0 Å². The quantitative estimate of drug-likeness (QED) is 0.347. The standard InChI is InChI=1S/C13H9F7O4/c1-6(21)8-5-7(23-2)3-4-9(8)24-10(22)11(14,15)12(16,17)13(18,19)20/h3-5H,1-2H3. The Kier molecular flexibility index (Phi) is 5.16. The van der Waals surface area contributed by atoms with Crippen molar-refractivity contribution in [1.82, 2.24) is 0 Å². The van der Waals surface area contributed by atoms with Crippen LogP contribution in [-0.4, -0.2) is 36.9 Å². The van der Waals surface area contributed by atoms with Gasteiger partial charge < -0.3 is 9.47 Å². The molecule has 24 heavy (non-hydrogen) atoms. The molecule has 0 aliphatic heterocycles. The van der Waals surface area contributed by atoms with Crippen LogP contribution < -0.4 is 9.47 Å². The third-order valence-electron chi connectivity index (χ3n) is 2.78. The SMILES string of the molecule is COc1ccc(OC(=O)C(F)(F)C(F)(F)C(F)(F)F)c(C(C)=O)c1. The number of alkyl halides is 7. The number of hydrogen-bond acceptors (Lipinski definition) is 4. The molecule has 0 saturated heterocycles. The van der Waals surface area contributed by atoms with Crippen molar-refractivity contribution in [2.24, 2.45) is 0 Å². The Morgan fingerprint density at radius 1 is 1.00 bits per heavy atom. The summed E-state index contributed by atoms with van der Waals surface area (Å²) in [6.45, 7) is 0.925. The first-order valence-electron chi connectivity index (χ1n) is 5.99. The second-order valence-electron chi connectivity index (χ2n) is 4.45. The van der Waals surface area contributed by atoms with Crippen LogP contribution in [0.4, 0.5) is 30.7 Å². The Labute approximate surface area is 130 Å². The first-order chi connectivity index (χ1) is 10.8. The van der Waals surface area contributed by atoms with Crippen LogP contribution in [0.2, 0.25) is 0 Å². The van der Waals surface area contributed by atoms with Crippen LogP contribution in [0.3, 0.4) is 0 Å². The lowest BCUT2D eigenvalue weighted by Gasteiger charge is -2.26. The fraction of sp³-hybridized carbons (Fsp3) is 0.385. The minimum Gasteiger partial charge on any atom is -0.497 e. The van der Waals surface area contributed by atoms with E-state index in [0.29, 0.717) is 0 Å². The second-order valence-corrected chi connectivity index (χ2v) is 4.45. The molecule has 0 amide bonds. The maximum Gasteiger partial charge on any atom is 0.460 e. The zero-order valence-electron chi connectivity index (χ0n) is 12.0. The normalized spacial score (nSPS) is 12.7. The third kappa shape index (κ3) is 3.44. The van der Waals surface area contributed by atoms with Crippen molar-refractivity contribution in [2.75, 3.05) is 7.11 Å². The molecule has 0 fully saturated rings. The van der Waals surface area contributed by atoms with E-state index in [1.165, 1.54) is 7.11 Å². The molecule has 134 valence electrons. The monoisotopic (exact) mass is 362 g/mol. The average Bonchev–Trinajstić information content (AvgIpc) is 2.45. The van der Waals surface area contributed by atoms with Crippen molar-refractivity contribution in [3.05, 3.63) is 23.8 Å². The van der Waals surface area contributed by atoms with Crippen molar-refractivity contribution in [2.45, 2.75) is 24.9 Å². The molecule has 1 rings (SSSR count). The summed E-state index contributed by atoms with van der Waals surface area (Å²) in [5.74, 6) is -17.7. The number of halogens is 7. The van der Waals surface area contributed by atoms with Gasteiger partial charge in [-0.25, -0.2) is 4.79 Å². The van der Waals surface area contributed by atoms with Gasteiger partial charge in [0, 0.05) is 0 Å². The van der Waals surface area contributed by atoms with Gasteiger partial charge in [0.2, 0.25) is 0 Å². The third-order valence-corrected chi connectivity index (χ3v) is 2.78. The number of carbonyl (C=O) groups excluding carboxylic acids is 2. The van der Waals surface area contributed by atoms with Gasteiger partial charge in [-0.15, -0.1) is 0 Å². The van der Waals surface area contributed by atoms with Gasteiger partial charge in [0.1, 0.15) is 11.5 Å². The van der Waals surface area contributed by atoms with E-state index >= 15 is 0 Å². The molecule has 0 aromatic heterocycles. The number of benzene rings is 1. The lowest BCUT2D eigenvalue weighted by atomic mass is 10.1. The lowest BCUT2D eigenvalue weighted by Crippen LogP contribution is -2.57. The first kappa shape index (κ1) is 19.7.